The van der Waals surface area contributed by atoms with Crippen LogP contribution < -0.4 is 14.4 Å². The quantitative estimate of drug-likeness (QED) is 0.487. The number of nitrogens with one attached hydrogen (secondary N) is 1. The van der Waals surface area contributed by atoms with Crippen LogP contribution in [-0.2, 0) is 16.4 Å². The zero-order valence-corrected chi connectivity index (χ0v) is 20.1. The second-order valence-electron chi connectivity index (χ2n) is 7.75. The van der Waals surface area contributed by atoms with Crippen molar-refractivity contribution in [2.45, 2.75) is 31.3 Å². The van der Waals surface area contributed by atoms with E-state index < -0.39 is 10.0 Å². The summed E-state index contributed by atoms with van der Waals surface area (Å²) in [4.78, 5) is 12.8. The molecule has 0 aliphatic carbocycles. The monoisotopic (exact) mass is 514 g/mol. The molecule has 166 valence electrons. The molecule has 0 fully saturated rings. The van der Waals surface area contributed by atoms with Crippen LogP contribution in [0, 0.1) is 0 Å². The van der Waals surface area contributed by atoms with Crippen molar-refractivity contribution in [2.24, 2.45) is 0 Å². The van der Waals surface area contributed by atoms with E-state index in [-0.39, 0.29) is 16.9 Å². The Kier molecular flexibility index (Phi) is 6.26. The first kappa shape index (κ1) is 22.4. The van der Waals surface area contributed by atoms with Crippen LogP contribution in [0.3, 0.4) is 0 Å². The van der Waals surface area contributed by atoms with E-state index in [0.717, 1.165) is 11.3 Å². The Morgan fingerprint density at radius 3 is 2.47 bits per heavy atom. The number of amides is 1. The molecule has 1 aliphatic heterocycles. The molecule has 3 aromatic carbocycles. The summed E-state index contributed by atoms with van der Waals surface area (Å²) in [6.45, 7) is 4.28. The lowest BCUT2D eigenvalue weighted by Gasteiger charge is -2.19. The summed E-state index contributed by atoms with van der Waals surface area (Å²) in [6.07, 6.45) is 0.718. The molecule has 1 N–H and O–H groups in total. The van der Waals surface area contributed by atoms with Crippen molar-refractivity contribution >= 4 is 43.2 Å². The fourth-order valence-corrected chi connectivity index (χ4v) is 5.57. The normalized spacial score (nSPS) is 13.2. The summed E-state index contributed by atoms with van der Waals surface area (Å²) in [7, 11) is -3.67. The van der Waals surface area contributed by atoms with E-state index in [1.165, 1.54) is 16.4 Å². The molecule has 0 radical (unpaired) electrons. The molecule has 0 bridgehead atoms. The van der Waals surface area contributed by atoms with E-state index in [1.54, 1.807) is 30.3 Å². The molecule has 1 amide bonds. The van der Waals surface area contributed by atoms with E-state index >= 15 is 0 Å². The van der Waals surface area contributed by atoms with Crippen molar-refractivity contribution in [1.29, 1.82) is 0 Å². The molecule has 6 nitrogen and oxygen atoms in total. The number of benzene rings is 3. The highest BCUT2D eigenvalue weighted by atomic mass is 79.9. The smallest absolute Gasteiger partial charge is 0.264 e. The lowest BCUT2D eigenvalue weighted by atomic mass is 10.2. The molecule has 0 saturated heterocycles. The number of sulfonamides is 1. The van der Waals surface area contributed by atoms with Crippen LogP contribution in [0.5, 0.6) is 5.75 Å². The largest absolute Gasteiger partial charge is 0.490 e. The lowest BCUT2D eigenvalue weighted by Crippen LogP contribution is -2.29. The topological polar surface area (TPSA) is 75.7 Å². The minimum atomic E-state index is -3.67. The lowest BCUT2D eigenvalue weighted by molar-refractivity contribution is 0.102. The third kappa shape index (κ3) is 4.52. The third-order valence-electron chi connectivity index (χ3n) is 5.10. The summed E-state index contributed by atoms with van der Waals surface area (Å²) in [6, 6.07) is 18.9. The number of halogens is 1. The summed E-state index contributed by atoms with van der Waals surface area (Å²) in [5, 5.41) is 2.80. The number of anilines is 2. The number of nitrogens with zero attached hydrogens (tertiary/aromatic N) is 1. The van der Waals surface area contributed by atoms with Crippen LogP contribution in [0.25, 0.3) is 0 Å². The maximum absolute atomic E-state index is 13.1. The molecule has 1 aliphatic rings. The van der Waals surface area contributed by atoms with Crippen LogP contribution in [0.1, 0.15) is 29.8 Å². The van der Waals surface area contributed by atoms with E-state index in [0.29, 0.717) is 34.4 Å². The van der Waals surface area contributed by atoms with Gasteiger partial charge in [0.15, 0.2) is 0 Å². The Morgan fingerprint density at radius 1 is 1.06 bits per heavy atom. The molecule has 0 spiro atoms. The van der Waals surface area contributed by atoms with Gasteiger partial charge in [0.1, 0.15) is 5.75 Å². The van der Waals surface area contributed by atoms with Crippen LogP contribution >= 0.6 is 15.9 Å². The number of ether oxygens (including phenoxy) is 1. The predicted octanol–water partition coefficient (Wildman–Crippen LogP) is 5.24. The van der Waals surface area contributed by atoms with Crippen LogP contribution in [0.15, 0.2) is 76.1 Å². The Labute approximate surface area is 196 Å². The van der Waals surface area contributed by atoms with E-state index in [9.17, 15) is 13.2 Å². The molecular formula is C24H23BrN2O4S. The number of hydrogen-bond acceptors (Lipinski definition) is 4. The number of para-hydroxylation sites is 1. The van der Waals surface area contributed by atoms with Crippen LogP contribution in [0.4, 0.5) is 11.4 Å². The van der Waals surface area contributed by atoms with Gasteiger partial charge in [-0.25, -0.2) is 8.42 Å². The zero-order chi connectivity index (χ0) is 22.9. The van der Waals surface area contributed by atoms with Crippen molar-refractivity contribution in [1.82, 2.24) is 0 Å². The maximum atomic E-state index is 13.1. The van der Waals surface area contributed by atoms with Crippen molar-refractivity contribution < 1.29 is 17.9 Å². The van der Waals surface area contributed by atoms with Gasteiger partial charge in [0.05, 0.1) is 21.2 Å². The number of fused-ring (bicyclic) bond motifs is 1. The minimum Gasteiger partial charge on any atom is -0.490 e. The minimum absolute atomic E-state index is 0.0230. The molecule has 4 rings (SSSR count). The maximum Gasteiger partial charge on any atom is 0.264 e. The second-order valence-corrected chi connectivity index (χ2v) is 10.5. The van der Waals surface area contributed by atoms with Crippen molar-refractivity contribution in [2.75, 3.05) is 16.2 Å². The standard InChI is InChI=1S/C24H23BrN2O4S/c1-16(2)31-23-12-7-18(15-21(23)25)24(28)26-19-8-10-20(11-9-19)32(29,30)27-14-13-17-5-3-4-6-22(17)27/h3-12,15-16H,13-14H2,1-2H3,(H,26,28). The molecule has 0 unspecified atom stereocenters. The fraction of sp³-hybridized carbons (Fsp3) is 0.208. The number of carbonyl (C=O) groups excluding carboxylic acids is 1. The van der Waals surface area contributed by atoms with Crippen LogP contribution in [0.2, 0.25) is 0 Å². The molecule has 0 aromatic heterocycles. The van der Waals surface area contributed by atoms with Gasteiger partial charge in [0.2, 0.25) is 0 Å². The Balaban J connectivity index is 1.48. The molecule has 1 heterocycles. The van der Waals surface area contributed by atoms with Gasteiger partial charge in [0, 0.05) is 17.8 Å². The molecule has 3 aromatic rings. The number of carbonyl (C=O) groups is 1. The highest BCUT2D eigenvalue weighted by Gasteiger charge is 2.30. The molecular weight excluding hydrogens is 492 g/mol. The van der Waals surface area contributed by atoms with Crippen molar-refractivity contribution in [3.05, 3.63) is 82.3 Å². The van der Waals surface area contributed by atoms with Gasteiger partial charge in [-0.05, 0) is 90.3 Å². The Bertz CT molecular complexity index is 1260. The average Bonchev–Trinajstić information content (AvgIpc) is 3.20. The first-order chi connectivity index (χ1) is 15.3. The van der Waals surface area contributed by atoms with E-state index in [4.69, 9.17) is 4.74 Å². The highest BCUT2D eigenvalue weighted by Crippen LogP contribution is 2.33. The SMILES string of the molecule is CC(C)Oc1ccc(C(=O)Nc2ccc(S(=O)(=O)N3CCc4ccccc43)cc2)cc1Br. The summed E-state index contributed by atoms with van der Waals surface area (Å²) in [5.41, 5.74) is 2.71. The van der Waals surface area contributed by atoms with Gasteiger partial charge in [-0.15, -0.1) is 0 Å². The number of hydrogen-bond donors (Lipinski definition) is 1. The van der Waals surface area contributed by atoms with Gasteiger partial charge in [-0.3, -0.25) is 9.10 Å². The van der Waals surface area contributed by atoms with E-state index in [1.807, 2.05) is 38.1 Å². The van der Waals surface area contributed by atoms with Crippen molar-refractivity contribution in [3.8, 4) is 5.75 Å². The Hall–Kier alpha value is -2.84. The summed E-state index contributed by atoms with van der Waals surface area (Å²) in [5.74, 6) is 0.362. The molecule has 0 atom stereocenters. The zero-order valence-electron chi connectivity index (χ0n) is 17.7. The molecule has 32 heavy (non-hydrogen) atoms. The predicted molar refractivity (Wildman–Crippen MR) is 129 cm³/mol. The van der Waals surface area contributed by atoms with E-state index in [2.05, 4.69) is 21.2 Å². The van der Waals surface area contributed by atoms with Gasteiger partial charge >= 0.3 is 0 Å². The third-order valence-corrected chi connectivity index (χ3v) is 7.55. The summed E-state index contributed by atoms with van der Waals surface area (Å²) < 4.78 is 34.0. The summed E-state index contributed by atoms with van der Waals surface area (Å²) >= 11 is 3.43. The van der Waals surface area contributed by atoms with Crippen molar-refractivity contribution in [3.63, 3.8) is 0 Å². The first-order valence-corrected chi connectivity index (χ1v) is 12.5. The second kappa shape index (κ2) is 8.96. The first-order valence-electron chi connectivity index (χ1n) is 10.2. The van der Waals surface area contributed by atoms with Gasteiger partial charge in [-0.2, -0.15) is 0 Å². The fourth-order valence-electron chi connectivity index (χ4n) is 3.59. The Morgan fingerprint density at radius 2 is 1.78 bits per heavy atom. The number of rotatable bonds is 6. The molecule has 8 heteroatoms. The average molecular weight is 515 g/mol. The van der Waals surface area contributed by atoms with Gasteiger partial charge in [0.25, 0.3) is 15.9 Å². The highest BCUT2D eigenvalue weighted by molar-refractivity contribution is 9.10. The van der Waals surface area contributed by atoms with Gasteiger partial charge in [-0.1, -0.05) is 18.2 Å². The van der Waals surface area contributed by atoms with Gasteiger partial charge < -0.3 is 10.1 Å². The molecule has 0 saturated carbocycles. The van der Waals surface area contributed by atoms with Crippen LogP contribution in [-0.4, -0.2) is 27.0 Å².